The van der Waals surface area contributed by atoms with Gasteiger partial charge in [0, 0.05) is 38.2 Å². The fourth-order valence-electron chi connectivity index (χ4n) is 3.94. The van der Waals surface area contributed by atoms with E-state index in [1.165, 1.54) is 0 Å². The van der Waals surface area contributed by atoms with Crippen molar-refractivity contribution in [2.75, 3.05) is 32.8 Å². The third-order valence-electron chi connectivity index (χ3n) is 5.75. The highest BCUT2D eigenvalue weighted by Crippen LogP contribution is 2.22. The van der Waals surface area contributed by atoms with Gasteiger partial charge in [-0.05, 0) is 43.2 Å². The average molecular weight is 436 g/mol. The number of aromatic nitrogens is 1. The molecule has 7 heteroatoms. The normalized spacial score (nSPS) is 15.4. The van der Waals surface area contributed by atoms with E-state index in [0.717, 1.165) is 54.5 Å². The van der Waals surface area contributed by atoms with Crippen LogP contribution in [0.1, 0.15) is 17.0 Å². The zero-order chi connectivity index (χ0) is 22.3. The molecule has 2 N–H and O–H groups in total. The van der Waals surface area contributed by atoms with Gasteiger partial charge < -0.3 is 19.6 Å². The molecule has 0 amide bonds. The van der Waals surface area contributed by atoms with Crippen molar-refractivity contribution >= 4 is 5.97 Å². The standard InChI is InChI=1S/C25H29N3O4/c1-18-22(27-24(32-18)20-5-3-2-4-6-20)11-16-31-21-9-7-19(8-10-21)17-23(25(29)30)28-14-12-26-13-15-28/h2-10,23,26H,11-17H2,1H3,(H,29,30). The van der Waals surface area contributed by atoms with Gasteiger partial charge in [-0.1, -0.05) is 30.3 Å². The van der Waals surface area contributed by atoms with Crippen LogP contribution in [-0.2, 0) is 17.6 Å². The summed E-state index contributed by atoms with van der Waals surface area (Å²) in [7, 11) is 0. The number of oxazole rings is 1. The number of aryl methyl sites for hydroxylation is 1. The van der Waals surface area contributed by atoms with Gasteiger partial charge in [-0.3, -0.25) is 9.69 Å². The molecule has 2 heterocycles. The molecule has 32 heavy (non-hydrogen) atoms. The summed E-state index contributed by atoms with van der Waals surface area (Å²) in [5, 5.41) is 12.9. The zero-order valence-electron chi connectivity index (χ0n) is 18.3. The molecule has 1 saturated heterocycles. The Morgan fingerprint density at radius 1 is 1.16 bits per heavy atom. The van der Waals surface area contributed by atoms with Crippen LogP contribution in [0.25, 0.3) is 11.5 Å². The number of aliphatic carboxylic acids is 1. The Balaban J connectivity index is 1.30. The van der Waals surface area contributed by atoms with Crippen molar-refractivity contribution in [2.24, 2.45) is 0 Å². The molecule has 7 nitrogen and oxygen atoms in total. The van der Waals surface area contributed by atoms with Gasteiger partial charge >= 0.3 is 5.97 Å². The maximum atomic E-state index is 11.8. The fraction of sp³-hybridized carbons (Fsp3) is 0.360. The first kappa shape index (κ1) is 22.0. The van der Waals surface area contributed by atoms with Gasteiger partial charge in [0.25, 0.3) is 0 Å². The van der Waals surface area contributed by atoms with Crippen molar-refractivity contribution in [3.05, 3.63) is 71.6 Å². The van der Waals surface area contributed by atoms with Crippen LogP contribution in [-0.4, -0.2) is 59.8 Å². The summed E-state index contributed by atoms with van der Waals surface area (Å²) >= 11 is 0. The van der Waals surface area contributed by atoms with Crippen molar-refractivity contribution < 1.29 is 19.1 Å². The van der Waals surface area contributed by atoms with Crippen LogP contribution in [0.3, 0.4) is 0 Å². The van der Waals surface area contributed by atoms with E-state index < -0.39 is 12.0 Å². The quantitative estimate of drug-likeness (QED) is 0.534. The Bertz CT molecular complexity index is 1010. The van der Waals surface area contributed by atoms with Gasteiger partial charge in [0.1, 0.15) is 17.6 Å². The van der Waals surface area contributed by atoms with Crippen LogP contribution in [0.4, 0.5) is 0 Å². The van der Waals surface area contributed by atoms with Gasteiger partial charge in [-0.15, -0.1) is 0 Å². The molecule has 0 saturated carbocycles. The van der Waals surface area contributed by atoms with E-state index in [0.29, 0.717) is 25.3 Å². The van der Waals surface area contributed by atoms with Gasteiger partial charge in [-0.2, -0.15) is 0 Å². The molecule has 4 rings (SSSR count). The molecule has 1 aromatic heterocycles. The Hall–Kier alpha value is -3.16. The molecule has 1 fully saturated rings. The number of nitrogens with zero attached hydrogens (tertiary/aromatic N) is 2. The molecule has 1 unspecified atom stereocenters. The second-order valence-corrected chi connectivity index (χ2v) is 7.97. The molecule has 0 aliphatic carbocycles. The fourth-order valence-corrected chi connectivity index (χ4v) is 3.94. The average Bonchev–Trinajstić information content (AvgIpc) is 3.20. The highest BCUT2D eigenvalue weighted by molar-refractivity contribution is 5.74. The largest absolute Gasteiger partial charge is 0.493 e. The molecule has 0 spiro atoms. The van der Waals surface area contributed by atoms with Crippen molar-refractivity contribution in [2.45, 2.75) is 25.8 Å². The lowest BCUT2D eigenvalue weighted by atomic mass is 10.0. The first-order valence-electron chi connectivity index (χ1n) is 11.0. The highest BCUT2D eigenvalue weighted by Gasteiger charge is 2.26. The summed E-state index contributed by atoms with van der Waals surface area (Å²) in [5.74, 6) is 1.41. The summed E-state index contributed by atoms with van der Waals surface area (Å²) in [6, 6.07) is 17.0. The minimum absolute atomic E-state index is 0.482. The van der Waals surface area contributed by atoms with Crippen LogP contribution < -0.4 is 10.1 Å². The van der Waals surface area contributed by atoms with Gasteiger partial charge in [0.2, 0.25) is 5.89 Å². The number of hydrogen-bond acceptors (Lipinski definition) is 6. The Labute approximate surface area is 188 Å². The molecule has 3 aromatic rings. The predicted octanol–water partition coefficient (Wildman–Crippen LogP) is 3.17. The number of carboxylic acids is 1. The smallest absolute Gasteiger partial charge is 0.321 e. The summed E-state index contributed by atoms with van der Waals surface area (Å²) < 4.78 is 11.7. The van der Waals surface area contributed by atoms with E-state index in [9.17, 15) is 9.90 Å². The maximum Gasteiger partial charge on any atom is 0.321 e. The van der Waals surface area contributed by atoms with Gasteiger partial charge in [0.15, 0.2) is 0 Å². The predicted molar refractivity (Wildman–Crippen MR) is 122 cm³/mol. The molecule has 2 aromatic carbocycles. The van der Waals surface area contributed by atoms with Crippen LogP contribution in [0.5, 0.6) is 5.75 Å². The molecule has 0 bridgehead atoms. The Morgan fingerprint density at radius 3 is 2.56 bits per heavy atom. The first-order chi connectivity index (χ1) is 15.6. The first-order valence-corrected chi connectivity index (χ1v) is 11.0. The number of carboxylic acid groups (broad SMARTS) is 1. The summed E-state index contributed by atoms with van der Waals surface area (Å²) in [4.78, 5) is 18.4. The topological polar surface area (TPSA) is 87.8 Å². The minimum atomic E-state index is -0.773. The number of benzene rings is 2. The molecule has 168 valence electrons. The lowest BCUT2D eigenvalue weighted by Crippen LogP contribution is -2.52. The van der Waals surface area contributed by atoms with E-state index in [-0.39, 0.29) is 0 Å². The minimum Gasteiger partial charge on any atom is -0.493 e. The van der Waals surface area contributed by atoms with E-state index in [4.69, 9.17) is 9.15 Å². The molecule has 1 aliphatic heterocycles. The van der Waals surface area contributed by atoms with E-state index >= 15 is 0 Å². The number of ether oxygens (including phenoxy) is 1. The molecular weight excluding hydrogens is 406 g/mol. The van der Waals surface area contributed by atoms with Crippen LogP contribution in [0.15, 0.2) is 59.0 Å². The van der Waals surface area contributed by atoms with E-state index in [2.05, 4.69) is 10.3 Å². The molecule has 1 aliphatic rings. The summed E-state index contributed by atoms with van der Waals surface area (Å²) in [6.07, 6.45) is 1.13. The Morgan fingerprint density at radius 2 is 1.88 bits per heavy atom. The van der Waals surface area contributed by atoms with Gasteiger partial charge in [0.05, 0.1) is 12.3 Å². The molecule has 1 atom stereocenters. The van der Waals surface area contributed by atoms with Crippen LogP contribution in [0, 0.1) is 6.92 Å². The lowest BCUT2D eigenvalue weighted by molar-refractivity contribution is -0.143. The zero-order valence-corrected chi connectivity index (χ0v) is 18.3. The van der Waals surface area contributed by atoms with Crippen LogP contribution >= 0.6 is 0 Å². The number of hydrogen-bond donors (Lipinski definition) is 2. The van der Waals surface area contributed by atoms with Crippen molar-refractivity contribution in [1.29, 1.82) is 0 Å². The van der Waals surface area contributed by atoms with Crippen LogP contribution in [0.2, 0.25) is 0 Å². The number of rotatable bonds is 9. The van der Waals surface area contributed by atoms with Crippen molar-refractivity contribution in [1.82, 2.24) is 15.2 Å². The number of piperazine rings is 1. The summed E-state index contributed by atoms with van der Waals surface area (Å²) in [6.45, 7) is 5.57. The number of carbonyl (C=O) groups is 1. The van der Waals surface area contributed by atoms with Gasteiger partial charge in [-0.25, -0.2) is 4.98 Å². The Kier molecular flexibility index (Phi) is 7.19. The SMILES string of the molecule is Cc1oc(-c2ccccc2)nc1CCOc1ccc(CC(C(=O)O)N2CCNCC2)cc1. The number of nitrogens with one attached hydrogen (secondary N) is 1. The maximum absolute atomic E-state index is 11.8. The second-order valence-electron chi connectivity index (χ2n) is 7.97. The second kappa shape index (κ2) is 10.4. The van der Waals surface area contributed by atoms with Crippen molar-refractivity contribution in [3.63, 3.8) is 0 Å². The third kappa shape index (κ3) is 5.55. The van der Waals surface area contributed by atoms with E-state index in [1.807, 2.05) is 66.4 Å². The highest BCUT2D eigenvalue weighted by atomic mass is 16.5. The van der Waals surface area contributed by atoms with Crippen molar-refractivity contribution in [3.8, 4) is 17.2 Å². The third-order valence-corrected chi connectivity index (χ3v) is 5.75. The lowest BCUT2D eigenvalue weighted by Gasteiger charge is -2.32. The van der Waals surface area contributed by atoms with E-state index in [1.54, 1.807) is 0 Å². The monoisotopic (exact) mass is 435 g/mol. The molecular formula is C25H29N3O4. The summed E-state index contributed by atoms with van der Waals surface area (Å²) in [5.41, 5.74) is 2.84. The molecule has 0 radical (unpaired) electrons.